The van der Waals surface area contributed by atoms with Crippen LogP contribution in [0, 0.1) is 6.92 Å². The number of tetrazole rings is 1. The van der Waals surface area contributed by atoms with E-state index in [0.717, 1.165) is 0 Å². The predicted molar refractivity (Wildman–Crippen MR) is 58.8 cm³/mol. The van der Waals surface area contributed by atoms with Gasteiger partial charge in [0.15, 0.2) is 0 Å². The molecule has 2 heterocycles. The van der Waals surface area contributed by atoms with Gasteiger partial charge in [-0.05, 0) is 33.3 Å². The number of aryl methyl sites for hydroxylation is 3. The van der Waals surface area contributed by atoms with Gasteiger partial charge in [0, 0.05) is 6.54 Å². The van der Waals surface area contributed by atoms with Crippen molar-refractivity contribution < 1.29 is 0 Å². The van der Waals surface area contributed by atoms with Crippen LogP contribution >= 0.6 is 15.9 Å². The molecule has 0 saturated carbocycles. The Kier molecular flexibility index (Phi) is 3.09. The van der Waals surface area contributed by atoms with Crippen molar-refractivity contribution >= 4 is 15.9 Å². The molecule has 0 saturated heterocycles. The minimum absolute atomic E-state index is 0.0967. The summed E-state index contributed by atoms with van der Waals surface area (Å²) in [6.07, 6.45) is 3.02. The molecule has 0 spiro atoms. The molecule has 0 aromatic carbocycles. The Morgan fingerprint density at radius 3 is 2.88 bits per heavy atom. The first-order chi connectivity index (χ1) is 7.68. The molecule has 8 heteroatoms. The number of nitrogens with zero attached hydrogens (tertiary/aromatic N) is 6. The highest BCUT2D eigenvalue weighted by molar-refractivity contribution is 9.10. The van der Waals surface area contributed by atoms with Crippen LogP contribution in [-0.2, 0) is 13.1 Å². The summed E-state index contributed by atoms with van der Waals surface area (Å²) in [6, 6.07) is 0. The summed E-state index contributed by atoms with van der Waals surface area (Å²) >= 11 is 3.21. The Balaban J connectivity index is 2.17. The van der Waals surface area contributed by atoms with Crippen LogP contribution in [0.2, 0.25) is 0 Å². The molecule has 0 atom stereocenters. The number of halogens is 1. The second kappa shape index (κ2) is 4.52. The predicted octanol–water partition coefficient (Wildman–Crippen LogP) is 0.000920. The topological polar surface area (TPSA) is 78.5 Å². The molecular weight excluding hydrogens is 276 g/mol. The van der Waals surface area contributed by atoms with Crippen molar-refractivity contribution in [2.24, 2.45) is 0 Å². The van der Waals surface area contributed by atoms with Crippen molar-refractivity contribution in [2.75, 3.05) is 0 Å². The third-order valence-corrected chi connectivity index (χ3v) is 3.03. The second-order valence-corrected chi connectivity index (χ2v) is 4.01. The van der Waals surface area contributed by atoms with Crippen LogP contribution in [0.15, 0.2) is 21.9 Å². The fourth-order valence-corrected chi connectivity index (χ4v) is 1.53. The Morgan fingerprint density at radius 1 is 1.38 bits per heavy atom. The lowest BCUT2D eigenvalue weighted by atomic mass is 10.4. The maximum atomic E-state index is 11.8. The largest absolute Gasteiger partial charge is 0.296 e. The molecule has 16 heavy (non-hydrogen) atoms. The van der Waals surface area contributed by atoms with E-state index in [-0.39, 0.29) is 5.56 Å². The van der Waals surface area contributed by atoms with Crippen molar-refractivity contribution in [1.29, 1.82) is 0 Å². The Labute approximate surface area is 99.2 Å². The minimum atomic E-state index is -0.0967. The first-order valence-corrected chi connectivity index (χ1v) is 5.40. The van der Waals surface area contributed by atoms with E-state index in [0.29, 0.717) is 23.3 Å². The molecule has 0 unspecified atom stereocenters. The summed E-state index contributed by atoms with van der Waals surface area (Å²) in [5.74, 6) is 0. The molecule has 0 aliphatic rings. The van der Waals surface area contributed by atoms with Crippen LogP contribution in [0.1, 0.15) is 5.69 Å². The standard InChI is InChI=1S/C8H9BrN6O/c1-6-7(9)8(16)14(4-10-6)2-3-15-5-11-12-13-15/h4-5H,2-3H2,1H3. The van der Waals surface area contributed by atoms with Gasteiger partial charge in [-0.2, -0.15) is 0 Å². The van der Waals surface area contributed by atoms with Crippen LogP contribution in [0.5, 0.6) is 0 Å². The van der Waals surface area contributed by atoms with Crippen molar-refractivity contribution in [3.8, 4) is 0 Å². The zero-order valence-electron chi connectivity index (χ0n) is 8.54. The number of hydrogen-bond donors (Lipinski definition) is 0. The van der Waals surface area contributed by atoms with Crippen LogP contribution < -0.4 is 5.56 Å². The van der Waals surface area contributed by atoms with Crippen LogP contribution in [0.4, 0.5) is 0 Å². The molecule has 0 aliphatic heterocycles. The van der Waals surface area contributed by atoms with Gasteiger partial charge in [-0.1, -0.05) is 0 Å². The third-order valence-electron chi connectivity index (χ3n) is 2.12. The molecule has 0 radical (unpaired) electrons. The molecule has 2 aromatic rings. The summed E-state index contributed by atoms with van der Waals surface area (Å²) in [4.78, 5) is 15.9. The average Bonchev–Trinajstić information content (AvgIpc) is 2.78. The molecule has 7 nitrogen and oxygen atoms in total. The van der Waals surface area contributed by atoms with Crippen molar-refractivity contribution in [1.82, 2.24) is 29.8 Å². The lowest BCUT2D eigenvalue weighted by Gasteiger charge is -2.05. The lowest BCUT2D eigenvalue weighted by molar-refractivity contribution is 0.505. The highest BCUT2D eigenvalue weighted by Crippen LogP contribution is 2.05. The highest BCUT2D eigenvalue weighted by atomic mass is 79.9. The lowest BCUT2D eigenvalue weighted by Crippen LogP contribution is -2.24. The molecule has 0 bridgehead atoms. The Hall–Kier alpha value is -1.57. The van der Waals surface area contributed by atoms with Gasteiger partial charge in [-0.15, -0.1) is 5.10 Å². The van der Waals surface area contributed by atoms with E-state index < -0.39 is 0 Å². The monoisotopic (exact) mass is 284 g/mol. The van der Waals surface area contributed by atoms with Gasteiger partial charge < -0.3 is 0 Å². The number of aromatic nitrogens is 6. The van der Waals surface area contributed by atoms with Crippen molar-refractivity contribution in [2.45, 2.75) is 20.0 Å². The Bertz CT molecular complexity index is 534. The third kappa shape index (κ3) is 2.16. The average molecular weight is 285 g/mol. The molecular formula is C8H9BrN6O. The minimum Gasteiger partial charge on any atom is -0.296 e. The second-order valence-electron chi connectivity index (χ2n) is 3.22. The summed E-state index contributed by atoms with van der Waals surface area (Å²) < 4.78 is 3.56. The zero-order chi connectivity index (χ0) is 11.5. The van der Waals surface area contributed by atoms with Gasteiger partial charge >= 0.3 is 0 Å². The zero-order valence-corrected chi connectivity index (χ0v) is 10.1. The van der Waals surface area contributed by atoms with E-state index in [4.69, 9.17) is 0 Å². The first-order valence-electron chi connectivity index (χ1n) is 4.61. The van der Waals surface area contributed by atoms with E-state index in [1.807, 2.05) is 0 Å². The molecule has 2 rings (SSSR count). The Morgan fingerprint density at radius 2 is 2.19 bits per heavy atom. The maximum Gasteiger partial charge on any atom is 0.267 e. The van der Waals surface area contributed by atoms with Gasteiger partial charge in [-0.3, -0.25) is 9.36 Å². The van der Waals surface area contributed by atoms with Crippen LogP contribution in [-0.4, -0.2) is 29.8 Å². The SMILES string of the molecule is Cc1ncn(CCn2cnnn2)c(=O)c1Br. The molecule has 2 aromatic heterocycles. The summed E-state index contributed by atoms with van der Waals surface area (Å²) in [5, 5.41) is 10.7. The van der Waals surface area contributed by atoms with Gasteiger partial charge in [0.2, 0.25) is 0 Å². The van der Waals surface area contributed by atoms with Gasteiger partial charge in [0.1, 0.15) is 10.8 Å². The van der Waals surface area contributed by atoms with Crippen molar-refractivity contribution in [3.05, 3.63) is 33.2 Å². The normalized spacial score (nSPS) is 10.6. The molecule has 84 valence electrons. The summed E-state index contributed by atoms with van der Waals surface area (Å²) in [6.45, 7) is 2.79. The fourth-order valence-electron chi connectivity index (χ4n) is 1.20. The van der Waals surface area contributed by atoms with E-state index in [9.17, 15) is 4.79 Å². The van der Waals surface area contributed by atoms with Crippen LogP contribution in [0.3, 0.4) is 0 Å². The van der Waals surface area contributed by atoms with E-state index in [2.05, 4.69) is 36.4 Å². The highest BCUT2D eigenvalue weighted by Gasteiger charge is 2.05. The van der Waals surface area contributed by atoms with Crippen molar-refractivity contribution in [3.63, 3.8) is 0 Å². The van der Waals surface area contributed by atoms with Gasteiger partial charge in [-0.25, -0.2) is 9.67 Å². The number of hydrogen-bond acceptors (Lipinski definition) is 5. The fraction of sp³-hybridized carbons (Fsp3) is 0.375. The number of rotatable bonds is 3. The molecule has 0 aliphatic carbocycles. The summed E-state index contributed by atoms with van der Waals surface area (Å²) in [7, 11) is 0. The van der Waals surface area contributed by atoms with Gasteiger partial charge in [0.05, 0.1) is 18.6 Å². The maximum absolute atomic E-state index is 11.8. The van der Waals surface area contributed by atoms with E-state index in [1.54, 1.807) is 11.6 Å². The first kappa shape index (κ1) is 10.9. The van der Waals surface area contributed by atoms with E-state index >= 15 is 0 Å². The summed E-state index contributed by atoms with van der Waals surface area (Å²) in [5.41, 5.74) is 0.587. The van der Waals surface area contributed by atoms with Gasteiger partial charge in [0.25, 0.3) is 5.56 Å². The quantitative estimate of drug-likeness (QED) is 0.793. The molecule has 0 fully saturated rings. The molecule has 0 amide bonds. The van der Waals surface area contributed by atoms with Crippen LogP contribution in [0.25, 0.3) is 0 Å². The van der Waals surface area contributed by atoms with E-state index in [1.165, 1.54) is 17.2 Å². The molecule has 0 N–H and O–H groups in total. The smallest absolute Gasteiger partial charge is 0.267 e.